The molecule has 0 unspecified atom stereocenters. The maximum atomic E-state index is 10.3. The Morgan fingerprint density at radius 2 is 1.57 bits per heavy atom. The molecule has 2 heteroatoms. The first-order chi connectivity index (χ1) is 10.2. The maximum absolute atomic E-state index is 10.3. The normalized spacial score (nSPS) is 13.2. The molecule has 21 heavy (non-hydrogen) atoms. The zero-order valence-corrected chi connectivity index (χ0v) is 14.0. The quantitative estimate of drug-likeness (QED) is 0.309. The summed E-state index contributed by atoms with van der Waals surface area (Å²) in [5.74, 6) is 0.177. The molecule has 1 atom stereocenters. The Labute approximate surface area is 131 Å². The van der Waals surface area contributed by atoms with E-state index in [4.69, 9.17) is 5.11 Å². The van der Waals surface area contributed by atoms with Gasteiger partial charge < -0.3 is 5.11 Å². The molecule has 0 radical (unpaired) electrons. The van der Waals surface area contributed by atoms with Gasteiger partial charge in [0.05, 0.1) is 0 Å². The van der Waals surface area contributed by atoms with Crippen LogP contribution in [0.5, 0.6) is 0 Å². The lowest BCUT2D eigenvalue weighted by atomic mass is 10.0. The summed E-state index contributed by atoms with van der Waals surface area (Å²) in [6, 6.07) is 0. The molecule has 2 nitrogen and oxygen atoms in total. The third-order valence-corrected chi connectivity index (χ3v) is 3.89. The van der Waals surface area contributed by atoms with Gasteiger partial charge in [0.15, 0.2) is 0 Å². The van der Waals surface area contributed by atoms with Gasteiger partial charge in [-0.05, 0) is 44.4 Å². The van der Waals surface area contributed by atoms with Crippen LogP contribution in [0.2, 0.25) is 0 Å². The number of carbonyl (C=O) groups is 1. The van der Waals surface area contributed by atoms with Crippen molar-refractivity contribution in [1.82, 2.24) is 0 Å². The fourth-order valence-electron chi connectivity index (χ4n) is 2.16. The number of aliphatic carboxylic acids is 1. The van der Waals surface area contributed by atoms with Crippen molar-refractivity contribution in [2.24, 2.45) is 5.92 Å². The summed E-state index contributed by atoms with van der Waals surface area (Å²) in [4.78, 5) is 10.3. The summed E-state index contributed by atoms with van der Waals surface area (Å²) in [6.45, 7) is 4.57. The Hall–Kier alpha value is -1.05. The van der Waals surface area contributed by atoms with E-state index in [1.54, 1.807) is 0 Å². The highest BCUT2D eigenvalue weighted by Gasteiger charge is 1.96. The van der Waals surface area contributed by atoms with Crippen LogP contribution in [0.1, 0.15) is 84.5 Å². The van der Waals surface area contributed by atoms with E-state index in [2.05, 4.69) is 38.2 Å². The maximum Gasteiger partial charge on any atom is 0.303 e. The van der Waals surface area contributed by atoms with E-state index in [9.17, 15) is 4.79 Å². The Kier molecular flexibility index (Phi) is 14.6. The van der Waals surface area contributed by atoms with Gasteiger partial charge in [-0.2, -0.15) is 0 Å². The molecule has 122 valence electrons. The van der Waals surface area contributed by atoms with Crippen molar-refractivity contribution < 1.29 is 9.90 Å². The van der Waals surface area contributed by atoms with Gasteiger partial charge in [0.25, 0.3) is 0 Å². The van der Waals surface area contributed by atoms with Crippen molar-refractivity contribution in [1.29, 1.82) is 0 Å². The van der Waals surface area contributed by atoms with Crippen LogP contribution in [0.25, 0.3) is 0 Å². The van der Waals surface area contributed by atoms with Gasteiger partial charge in [0.1, 0.15) is 0 Å². The van der Waals surface area contributed by atoms with Crippen molar-refractivity contribution in [2.45, 2.75) is 84.5 Å². The van der Waals surface area contributed by atoms with E-state index in [-0.39, 0.29) is 0 Å². The Morgan fingerprint density at radius 3 is 2.24 bits per heavy atom. The van der Waals surface area contributed by atoms with Crippen molar-refractivity contribution in [3.05, 3.63) is 24.3 Å². The number of hydrogen-bond donors (Lipinski definition) is 1. The molecule has 0 aromatic rings. The average Bonchev–Trinajstić information content (AvgIpc) is 2.46. The monoisotopic (exact) mass is 294 g/mol. The van der Waals surface area contributed by atoms with Crippen LogP contribution in [-0.2, 0) is 4.79 Å². The highest BCUT2D eigenvalue weighted by molar-refractivity contribution is 5.66. The minimum atomic E-state index is -0.671. The second kappa shape index (κ2) is 15.3. The summed E-state index contributed by atoms with van der Waals surface area (Å²) < 4.78 is 0. The van der Waals surface area contributed by atoms with E-state index in [1.807, 2.05) is 0 Å². The largest absolute Gasteiger partial charge is 0.481 e. The Morgan fingerprint density at radius 1 is 0.952 bits per heavy atom. The molecule has 0 saturated heterocycles. The molecule has 0 amide bonds. The van der Waals surface area contributed by atoms with Crippen LogP contribution in [0, 0.1) is 5.92 Å². The second-order valence-corrected chi connectivity index (χ2v) is 5.97. The van der Waals surface area contributed by atoms with Crippen LogP contribution in [-0.4, -0.2) is 11.1 Å². The molecule has 0 bridgehead atoms. The summed E-state index contributed by atoms with van der Waals surface area (Å²) in [5.41, 5.74) is 0. The molecular weight excluding hydrogens is 260 g/mol. The van der Waals surface area contributed by atoms with E-state index in [1.165, 1.54) is 32.1 Å². The standard InChI is InChI=1S/C19H34O2/c1-3-18(2)16-14-12-10-8-6-4-5-7-9-11-13-15-17-19(20)21/h4,6,10,12,18H,3,5,7-9,11,13-17H2,1-2H3,(H,20,21)/t18-/m0/s1. The first kappa shape index (κ1) is 19.9. The molecule has 0 saturated carbocycles. The highest BCUT2D eigenvalue weighted by atomic mass is 16.4. The van der Waals surface area contributed by atoms with Gasteiger partial charge in [0.2, 0.25) is 0 Å². The smallest absolute Gasteiger partial charge is 0.303 e. The molecular formula is C19H34O2. The van der Waals surface area contributed by atoms with Gasteiger partial charge in [-0.25, -0.2) is 0 Å². The van der Waals surface area contributed by atoms with Crippen LogP contribution in [0.15, 0.2) is 24.3 Å². The van der Waals surface area contributed by atoms with E-state index >= 15 is 0 Å². The molecule has 0 spiro atoms. The van der Waals surface area contributed by atoms with Crippen LogP contribution < -0.4 is 0 Å². The van der Waals surface area contributed by atoms with Crippen molar-refractivity contribution in [3.63, 3.8) is 0 Å². The minimum absolute atomic E-state index is 0.323. The molecule has 0 aromatic carbocycles. The summed E-state index contributed by atoms with van der Waals surface area (Å²) in [5, 5.41) is 8.52. The number of carboxylic acid groups (broad SMARTS) is 1. The second-order valence-electron chi connectivity index (χ2n) is 5.97. The van der Waals surface area contributed by atoms with Gasteiger partial charge >= 0.3 is 5.97 Å². The van der Waals surface area contributed by atoms with E-state index < -0.39 is 5.97 Å². The molecule has 0 aliphatic rings. The van der Waals surface area contributed by atoms with Gasteiger partial charge in [-0.1, -0.05) is 63.8 Å². The minimum Gasteiger partial charge on any atom is -0.481 e. The number of carboxylic acids is 1. The van der Waals surface area contributed by atoms with Gasteiger partial charge in [-0.15, -0.1) is 0 Å². The van der Waals surface area contributed by atoms with Crippen LogP contribution >= 0.6 is 0 Å². The van der Waals surface area contributed by atoms with Crippen molar-refractivity contribution in [2.75, 3.05) is 0 Å². The first-order valence-corrected chi connectivity index (χ1v) is 8.68. The predicted molar refractivity (Wildman–Crippen MR) is 91.5 cm³/mol. The fraction of sp³-hybridized carbons (Fsp3) is 0.737. The average molecular weight is 294 g/mol. The molecule has 0 aliphatic heterocycles. The molecule has 0 aliphatic carbocycles. The van der Waals surface area contributed by atoms with Gasteiger partial charge in [0, 0.05) is 6.42 Å². The fourth-order valence-corrected chi connectivity index (χ4v) is 2.16. The molecule has 0 aromatic heterocycles. The zero-order valence-electron chi connectivity index (χ0n) is 14.0. The number of hydrogen-bond acceptors (Lipinski definition) is 1. The van der Waals surface area contributed by atoms with E-state index in [0.717, 1.165) is 38.0 Å². The van der Waals surface area contributed by atoms with E-state index in [0.29, 0.717) is 6.42 Å². The summed E-state index contributed by atoms with van der Waals surface area (Å²) >= 11 is 0. The zero-order chi connectivity index (χ0) is 15.8. The third kappa shape index (κ3) is 16.9. The Bertz CT molecular complexity index is 292. The predicted octanol–water partition coefficient (Wildman–Crippen LogP) is 6.13. The lowest BCUT2D eigenvalue weighted by Crippen LogP contribution is -1.93. The lowest BCUT2D eigenvalue weighted by molar-refractivity contribution is -0.137. The highest BCUT2D eigenvalue weighted by Crippen LogP contribution is 2.10. The first-order valence-electron chi connectivity index (χ1n) is 8.68. The topological polar surface area (TPSA) is 37.3 Å². The molecule has 1 N–H and O–H groups in total. The van der Waals surface area contributed by atoms with Crippen molar-refractivity contribution in [3.8, 4) is 0 Å². The SMILES string of the molecule is CC[C@H](C)CCC=CCC=CCCCCCCCC(=O)O. The molecule has 0 rings (SSSR count). The van der Waals surface area contributed by atoms with Crippen LogP contribution in [0.4, 0.5) is 0 Å². The third-order valence-electron chi connectivity index (χ3n) is 3.89. The number of allylic oxidation sites excluding steroid dienone is 4. The Balaban J connectivity index is 3.25. The van der Waals surface area contributed by atoms with Gasteiger partial charge in [-0.3, -0.25) is 4.79 Å². The van der Waals surface area contributed by atoms with Crippen molar-refractivity contribution >= 4 is 5.97 Å². The summed E-state index contributed by atoms with van der Waals surface area (Å²) in [7, 11) is 0. The summed E-state index contributed by atoms with van der Waals surface area (Å²) in [6.07, 6.45) is 20.9. The van der Waals surface area contributed by atoms with Crippen LogP contribution in [0.3, 0.4) is 0 Å². The number of rotatable bonds is 14. The molecule has 0 heterocycles. The number of unbranched alkanes of at least 4 members (excludes halogenated alkanes) is 5. The molecule has 0 fully saturated rings. The lowest BCUT2D eigenvalue weighted by Gasteiger charge is -2.03.